The van der Waals surface area contributed by atoms with E-state index in [-0.39, 0.29) is 18.1 Å². The minimum atomic E-state index is -0.356. The Labute approximate surface area is 191 Å². The highest BCUT2D eigenvalue weighted by molar-refractivity contribution is 5.93. The molecule has 2 aromatic carbocycles. The van der Waals surface area contributed by atoms with Gasteiger partial charge >= 0.3 is 5.63 Å². The summed E-state index contributed by atoms with van der Waals surface area (Å²) < 4.78 is 27.5. The second-order valence-corrected chi connectivity index (χ2v) is 7.94. The summed E-state index contributed by atoms with van der Waals surface area (Å²) >= 11 is 0. The van der Waals surface area contributed by atoms with Gasteiger partial charge in [-0.1, -0.05) is 0 Å². The second kappa shape index (κ2) is 9.44. The first-order valence-electron chi connectivity index (χ1n) is 10.8. The highest BCUT2D eigenvalue weighted by atomic mass is 16.5. The molecule has 1 aliphatic carbocycles. The second-order valence-electron chi connectivity index (χ2n) is 7.94. The Hall–Kier alpha value is -3.68. The van der Waals surface area contributed by atoms with Crippen LogP contribution in [-0.4, -0.2) is 33.8 Å². The number of ether oxygens (including phenoxy) is 4. The number of rotatable bonds is 7. The van der Waals surface area contributed by atoms with Crippen LogP contribution < -0.4 is 29.9 Å². The van der Waals surface area contributed by atoms with Crippen LogP contribution in [0.4, 0.5) is 5.69 Å². The van der Waals surface area contributed by atoms with Gasteiger partial charge in [-0.15, -0.1) is 0 Å². The monoisotopic (exact) mass is 453 g/mol. The summed E-state index contributed by atoms with van der Waals surface area (Å²) in [5, 5.41) is 3.57. The molecule has 1 heterocycles. The fraction of sp³-hybridized carbons (Fsp3) is 0.360. The van der Waals surface area contributed by atoms with Gasteiger partial charge in [-0.2, -0.15) is 0 Å². The van der Waals surface area contributed by atoms with Crippen LogP contribution in [0.15, 0.2) is 33.5 Å². The van der Waals surface area contributed by atoms with Gasteiger partial charge < -0.3 is 28.7 Å². The number of nitrogens with one attached hydrogen (secondary N) is 1. The molecule has 0 bridgehead atoms. The molecule has 174 valence electrons. The van der Waals surface area contributed by atoms with Gasteiger partial charge in [0.2, 0.25) is 5.75 Å². The third-order valence-electron chi connectivity index (χ3n) is 5.74. The predicted molar refractivity (Wildman–Crippen MR) is 124 cm³/mol. The van der Waals surface area contributed by atoms with E-state index in [0.717, 1.165) is 35.8 Å². The van der Waals surface area contributed by atoms with E-state index in [2.05, 4.69) is 5.32 Å². The Bertz CT molecular complexity index is 1240. The number of carbonyl (C=O) groups excluding carboxylic acids is 1. The van der Waals surface area contributed by atoms with Crippen LogP contribution in [0.25, 0.3) is 11.0 Å². The molecule has 0 aliphatic heterocycles. The molecule has 4 rings (SSSR count). The summed E-state index contributed by atoms with van der Waals surface area (Å²) in [4.78, 5) is 25.1. The van der Waals surface area contributed by atoms with Crippen LogP contribution in [0.2, 0.25) is 0 Å². The zero-order valence-corrected chi connectivity index (χ0v) is 19.2. The van der Waals surface area contributed by atoms with Gasteiger partial charge in [0, 0.05) is 23.4 Å². The van der Waals surface area contributed by atoms with Crippen LogP contribution in [-0.2, 0) is 17.6 Å². The van der Waals surface area contributed by atoms with Crippen molar-refractivity contribution in [3.8, 4) is 23.0 Å². The molecule has 1 aliphatic rings. The molecule has 0 atom stereocenters. The Balaban J connectivity index is 1.59. The average molecular weight is 453 g/mol. The number of methoxy groups -OCH3 is 3. The van der Waals surface area contributed by atoms with Crippen LogP contribution in [0, 0.1) is 6.92 Å². The first kappa shape index (κ1) is 22.5. The molecule has 8 nitrogen and oxygen atoms in total. The number of hydrogen-bond acceptors (Lipinski definition) is 7. The average Bonchev–Trinajstić information content (AvgIpc) is 2.81. The number of fused-ring (bicyclic) bond motifs is 3. The largest absolute Gasteiger partial charge is 0.493 e. The third-order valence-corrected chi connectivity index (χ3v) is 5.74. The van der Waals surface area contributed by atoms with Gasteiger partial charge in [-0.3, -0.25) is 4.79 Å². The Morgan fingerprint density at radius 3 is 2.24 bits per heavy atom. The predicted octanol–water partition coefficient (Wildman–Crippen LogP) is 4.02. The molecule has 0 saturated carbocycles. The lowest BCUT2D eigenvalue weighted by atomic mass is 9.90. The quantitative estimate of drug-likeness (QED) is 0.540. The summed E-state index contributed by atoms with van der Waals surface area (Å²) in [6, 6.07) is 6.98. The van der Waals surface area contributed by atoms with Gasteiger partial charge in [-0.25, -0.2) is 4.79 Å². The van der Waals surface area contributed by atoms with Crippen LogP contribution in [0.1, 0.15) is 29.5 Å². The van der Waals surface area contributed by atoms with Gasteiger partial charge in [-0.05, 0) is 55.9 Å². The van der Waals surface area contributed by atoms with Crippen molar-refractivity contribution in [2.45, 2.75) is 32.6 Å². The number of aryl methyl sites for hydroxylation is 2. The molecule has 1 aromatic heterocycles. The van der Waals surface area contributed by atoms with E-state index in [1.807, 2.05) is 19.1 Å². The Kier molecular flexibility index (Phi) is 6.44. The lowest BCUT2D eigenvalue weighted by Crippen LogP contribution is -2.21. The topological polar surface area (TPSA) is 96.2 Å². The fourth-order valence-electron chi connectivity index (χ4n) is 4.27. The molecule has 33 heavy (non-hydrogen) atoms. The highest BCUT2D eigenvalue weighted by Gasteiger charge is 2.22. The lowest BCUT2D eigenvalue weighted by molar-refractivity contribution is -0.118. The molecule has 1 amide bonds. The fourth-order valence-corrected chi connectivity index (χ4v) is 4.27. The maximum Gasteiger partial charge on any atom is 0.339 e. The smallest absolute Gasteiger partial charge is 0.339 e. The molecule has 8 heteroatoms. The Morgan fingerprint density at radius 2 is 1.61 bits per heavy atom. The minimum absolute atomic E-state index is 0.219. The standard InChI is InChI=1S/C25H27NO7/c1-14-9-18(23-16-7-5-6-8-17(16)25(28)33-19(23)10-14)32-13-22(27)26-15-11-20(29-2)24(31-4)21(12-15)30-3/h9-12H,5-8,13H2,1-4H3,(H,26,27). The Morgan fingerprint density at radius 1 is 0.939 bits per heavy atom. The van der Waals surface area contributed by atoms with Gasteiger partial charge in [0.25, 0.3) is 5.91 Å². The van der Waals surface area contributed by atoms with E-state index >= 15 is 0 Å². The van der Waals surface area contributed by atoms with Crippen molar-refractivity contribution in [2.24, 2.45) is 0 Å². The normalized spacial score (nSPS) is 12.7. The molecular formula is C25H27NO7. The molecule has 0 fully saturated rings. The molecule has 1 N–H and O–H groups in total. The van der Waals surface area contributed by atoms with E-state index in [1.54, 1.807) is 12.1 Å². The van der Waals surface area contributed by atoms with Gasteiger partial charge in [0.15, 0.2) is 18.1 Å². The molecule has 0 unspecified atom stereocenters. The maximum atomic E-state index is 12.7. The van der Waals surface area contributed by atoms with Gasteiger partial charge in [0.05, 0.1) is 26.7 Å². The van der Waals surface area contributed by atoms with Crippen molar-refractivity contribution in [1.82, 2.24) is 0 Å². The van der Waals surface area contributed by atoms with E-state index < -0.39 is 0 Å². The van der Waals surface area contributed by atoms with E-state index in [1.165, 1.54) is 21.3 Å². The summed E-state index contributed by atoms with van der Waals surface area (Å²) in [5.41, 5.74) is 3.24. The number of anilines is 1. The molecule has 0 spiro atoms. The SMILES string of the molecule is COc1cc(NC(=O)COc2cc(C)cc3oc(=O)c4c(c23)CCCC4)cc(OC)c1OC. The third kappa shape index (κ3) is 4.46. The summed E-state index contributed by atoms with van der Waals surface area (Å²) in [5.74, 6) is 1.47. The van der Waals surface area contributed by atoms with Crippen molar-refractivity contribution >= 4 is 22.6 Å². The van der Waals surface area contributed by atoms with Crippen molar-refractivity contribution < 1.29 is 28.2 Å². The number of benzene rings is 2. The van der Waals surface area contributed by atoms with Gasteiger partial charge in [0.1, 0.15) is 11.3 Å². The van der Waals surface area contributed by atoms with E-state index in [0.29, 0.717) is 46.3 Å². The number of carbonyl (C=O) groups is 1. The summed E-state index contributed by atoms with van der Waals surface area (Å²) in [6.07, 6.45) is 3.44. The zero-order chi connectivity index (χ0) is 23.5. The number of hydrogen-bond donors (Lipinski definition) is 1. The summed E-state index contributed by atoms with van der Waals surface area (Å²) in [7, 11) is 4.53. The van der Waals surface area contributed by atoms with Crippen molar-refractivity contribution in [1.29, 1.82) is 0 Å². The van der Waals surface area contributed by atoms with Crippen LogP contribution in [0.3, 0.4) is 0 Å². The van der Waals surface area contributed by atoms with Crippen molar-refractivity contribution in [3.05, 3.63) is 51.4 Å². The van der Waals surface area contributed by atoms with E-state index in [9.17, 15) is 9.59 Å². The molecule has 0 saturated heterocycles. The zero-order valence-electron chi connectivity index (χ0n) is 19.2. The minimum Gasteiger partial charge on any atom is -0.493 e. The van der Waals surface area contributed by atoms with Crippen molar-refractivity contribution in [2.75, 3.05) is 33.3 Å². The van der Waals surface area contributed by atoms with E-state index in [4.69, 9.17) is 23.4 Å². The van der Waals surface area contributed by atoms with Crippen LogP contribution >= 0.6 is 0 Å². The first-order valence-corrected chi connectivity index (χ1v) is 10.8. The highest BCUT2D eigenvalue weighted by Crippen LogP contribution is 2.40. The molecule has 3 aromatic rings. The maximum absolute atomic E-state index is 12.7. The lowest BCUT2D eigenvalue weighted by Gasteiger charge is -2.19. The summed E-state index contributed by atoms with van der Waals surface area (Å²) in [6.45, 7) is 1.67. The van der Waals surface area contributed by atoms with Crippen molar-refractivity contribution in [3.63, 3.8) is 0 Å². The van der Waals surface area contributed by atoms with Crippen LogP contribution in [0.5, 0.6) is 23.0 Å². The molecule has 0 radical (unpaired) electrons. The number of amides is 1. The first-order chi connectivity index (χ1) is 15.9. The molecular weight excluding hydrogens is 426 g/mol.